The van der Waals surface area contributed by atoms with Crippen LogP contribution in [0.4, 0.5) is 4.79 Å². The topological polar surface area (TPSA) is 46.6 Å². The lowest BCUT2D eigenvalue weighted by Crippen LogP contribution is -2.36. The van der Waals surface area contributed by atoms with Crippen LogP contribution in [0, 0.1) is 5.92 Å². The zero-order chi connectivity index (χ0) is 18.5. The zero-order valence-corrected chi connectivity index (χ0v) is 15.9. The standard InChI is InChI=1S/C21H23NO3S/c1-15(2)14-18(20(23)22-12-13-25-21(22)24)17-10-6-7-11-19(17)26-16-8-4-3-5-9-16/h3-11,15,18H,12-14H2,1-2H3. The fourth-order valence-corrected chi connectivity index (χ4v) is 4.11. The van der Waals surface area contributed by atoms with Gasteiger partial charge in [-0.05, 0) is 36.1 Å². The molecule has 0 N–H and O–H groups in total. The summed E-state index contributed by atoms with van der Waals surface area (Å²) in [5.41, 5.74) is 0.972. The van der Waals surface area contributed by atoms with E-state index in [9.17, 15) is 9.59 Å². The molecular weight excluding hydrogens is 346 g/mol. The SMILES string of the molecule is CC(C)CC(C(=O)N1CCOC1=O)c1ccccc1Sc1ccccc1. The van der Waals surface area contributed by atoms with Crippen LogP contribution in [0.1, 0.15) is 31.7 Å². The van der Waals surface area contributed by atoms with Crippen molar-refractivity contribution in [1.29, 1.82) is 0 Å². The lowest BCUT2D eigenvalue weighted by atomic mass is 9.89. The molecule has 1 unspecified atom stereocenters. The Labute approximate surface area is 158 Å². The first-order valence-electron chi connectivity index (χ1n) is 8.86. The first-order chi connectivity index (χ1) is 12.6. The number of cyclic esters (lactones) is 1. The van der Waals surface area contributed by atoms with Gasteiger partial charge in [0.25, 0.3) is 0 Å². The maximum absolute atomic E-state index is 13.1. The van der Waals surface area contributed by atoms with Crippen molar-refractivity contribution in [3.63, 3.8) is 0 Å². The molecule has 1 heterocycles. The van der Waals surface area contributed by atoms with Crippen LogP contribution in [0.15, 0.2) is 64.4 Å². The van der Waals surface area contributed by atoms with Gasteiger partial charge in [-0.25, -0.2) is 9.69 Å². The third-order valence-electron chi connectivity index (χ3n) is 4.30. The summed E-state index contributed by atoms with van der Waals surface area (Å²) in [5.74, 6) is -0.187. The maximum atomic E-state index is 13.1. The number of amides is 2. The van der Waals surface area contributed by atoms with Crippen LogP contribution in [0.2, 0.25) is 0 Å². The van der Waals surface area contributed by atoms with E-state index >= 15 is 0 Å². The smallest absolute Gasteiger partial charge is 0.416 e. The van der Waals surface area contributed by atoms with Gasteiger partial charge in [-0.3, -0.25) is 4.79 Å². The average molecular weight is 369 g/mol. The molecule has 26 heavy (non-hydrogen) atoms. The van der Waals surface area contributed by atoms with E-state index in [4.69, 9.17) is 4.74 Å². The van der Waals surface area contributed by atoms with Crippen LogP contribution in [-0.2, 0) is 9.53 Å². The largest absolute Gasteiger partial charge is 0.447 e. The summed E-state index contributed by atoms with van der Waals surface area (Å²) < 4.78 is 4.96. The molecule has 1 aliphatic heterocycles. The van der Waals surface area contributed by atoms with Gasteiger partial charge in [0.15, 0.2) is 0 Å². The fourth-order valence-electron chi connectivity index (χ4n) is 3.09. The first-order valence-corrected chi connectivity index (χ1v) is 9.68. The highest BCUT2D eigenvalue weighted by Crippen LogP contribution is 2.37. The van der Waals surface area contributed by atoms with Gasteiger partial charge in [0.05, 0.1) is 12.5 Å². The minimum Gasteiger partial charge on any atom is -0.447 e. The molecule has 0 bridgehead atoms. The molecule has 3 rings (SSSR count). The predicted molar refractivity (Wildman–Crippen MR) is 102 cm³/mol. The molecule has 2 amide bonds. The molecule has 0 radical (unpaired) electrons. The molecule has 2 aromatic carbocycles. The predicted octanol–water partition coefficient (Wildman–Crippen LogP) is 4.95. The van der Waals surface area contributed by atoms with E-state index in [0.717, 1.165) is 15.4 Å². The number of nitrogens with zero attached hydrogens (tertiary/aromatic N) is 1. The minimum atomic E-state index is -0.531. The number of carbonyl (C=O) groups excluding carboxylic acids is 2. The molecule has 2 aromatic rings. The summed E-state index contributed by atoms with van der Waals surface area (Å²) in [6.07, 6.45) is 0.159. The molecule has 1 saturated heterocycles. The van der Waals surface area contributed by atoms with Gasteiger partial charge in [-0.2, -0.15) is 0 Å². The Morgan fingerprint density at radius 1 is 1.12 bits per heavy atom. The van der Waals surface area contributed by atoms with Crippen LogP contribution < -0.4 is 0 Å². The number of hydrogen-bond acceptors (Lipinski definition) is 4. The van der Waals surface area contributed by atoms with Gasteiger partial charge in [0.1, 0.15) is 6.61 Å². The van der Waals surface area contributed by atoms with Crippen LogP contribution in [0.5, 0.6) is 0 Å². The first kappa shape index (κ1) is 18.5. The Bertz CT molecular complexity index is 776. The second-order valence-corrected chi connectivity index (χ2v) is 7.85. The lowest BCUT2D eigenvalue weighted by molar-refractivity contribution is -0.129. The van der Waals surface area contributed by atoms with Crippen LogP contribution >= 0.6 is 11.8 Å². The third-order valence-corrected chi connectivity index (χ3v) is 5.40. The monoisotopic (exact) mass is 369 g/mol. The van der Waals surface area contributed by atoms with Gasteiger partial charge in [-0.1, -0.05) is 62.0 Å². The molecule has 1 atom stereocenters. The van der Waals surface area contributed by atoms with Gasteiger partial charge in [-0.15, -0.1) is 0 Å². The van der Waals surface area contributed by atoms with Gasteiger partial charge in [0, 0.05) is 9.79 Å². The molecule has 0 aliphatic carbocycles. The molecular formula is C21H23NO3S. The number of ether oxygens (including phenoxy) is 1. The van der Waals surface area contributed by atoms with Crippen molar-refractivity contribution in [3.05, 3.63) is 60.2 Å². The number of rotatable bonds is 6. The quantitative estimate of drug-likeness (QED) is 0.723. The van der Waals surface area contributed by atoms with Crippen molar-refractivity contribution in [3.8, 4) is 0 Å². The second-order valence-electron chi connectivity index (χ2n) is 6.74. The lowest BCUT2D eigenvalue weighted by Gasteiger charge is -2.24. The maximum Gasteiger partial charge on any atom is 0.416 e. The van der Waals surface area contributed by atoms with Crippen molar-refractivity contribution >= 4 is 23.8 Å². The summed E-state index contributed by atoms with van der Waals surface area (Å²) in [6, 6.07) is 18.1. The number of imide groups is 1. The van der Waals surface area contributed by atoms with Gasteiger partial charge >= 0.3 is 6.09 Å². The Kier molecular flexibility index (Phi) is 5.99. The Morgan fingerprint density at radius 3 is 2.46 bits per heavy atom. The molecule has 5 heteroatoms. The van der Waals surface area contributed by atoms with E-state index in [1.807, 2.05) is 42.5 Å². The highest BCUT2D eigenvalue weighted by Gasteiger charge is 2.35. The van der Waals surface area contributed by atoms with E-state index < -0.39 is 6.09 Å². The van der Waals surface area contributed by atoms with E-state index in [0.29, 0.717) is 18.9 Å². The van der Waals surface area contributed by atoms with Crippen molar-refractivity contribution in [1.82, 2.24) is 4.90 Å². The summed E-state index contributed by atoms with van der Waals surface area (Å²) in [4.78, 5) is 28.4. The highest BCUT2D eigenvalue weighted by atomic mass is 32.2. The summed E-state index contributed by atoms with van der Waals surface area (Å²) >= 11 is 1.64. The van der Waals surface area contributed by atoms with Crippen LogP contribution in [-0.4, -0.2) is 30.1 Å². The highest BCUT2D eigenvalue weighted by molar-refractivity contribution is 7.99. The zero-order valence-electron chi connectivity index (χ0n) is 15.1. The molecule has 1 aliphatic rings. The van der Waals surface area contributed by atoms with Crippen molar-refractivity contribution in [2.45, 2.75) is 36.0 Å². The molecule has 0 aromatic heterocycles. The van der Waals surface area contributed by atoms with Gasteiger partial charge < -0.3 is 4.74 Å². The summed E-state index contributed by atoms with van der Waals surface area (Å²) in [5, 5.41) is 0. The van der Waals surface area contributed by atoms with E-state index in [1.165, 1.54) is 4.90 Å². The second kappa shape index (κ2) is 8.41. The Morgan fingerprint density at radius 2 is 1.81 bits per heavy atom. The Balaban J connectivity index is 1.93. The normalized spacial score (nSPS) is 15.2. The molecule has 0 saturated carbocycles. The van der Waals surface area contributed by atoms with Crippen molar-refractivity contribution in [2.75, 3.05) is 13.2 Å². The van der Waals surface area contributed by atoms with E-state index in [2.05, 4.69) is 26.0 Å². The number of benzene rings is 2. The van der Waals surface area contributed by atoms with Crippen molar-refractivity contribution in [2.24, 2.45) is 5.92 Å². The average Bonchev–Trinajstić information content (AvgIpc) is 3.06. The van der Waals surface area contributed by atoms with Crippen molar-refractivity contribution < 1.29 is 14.3 Å². The molecule has 0 spiro atoms. The summed E-state index contributed by atoms with van der Waals surface area (Å²) in [7, 11) is 0. The van der Waals surface area contributed by atoms with E-state index in [1.54, 1.807) is 11.8 Å². The summed E-state index contributed by atoms with van der Waals surface area (Å²) in [6.45, 7) is 4.80. The van der Waals surface area contributed by atoms with Crippen LogP contribution in [0.25, 0.3) is 0 Å². The molecule has 4 nitrogen and oxygen atoms in total. The van der Waals surface area contributed by atoms with Crippen LogP contribution in [0.3, 0.4) is 0 Å². The number of carbonyl (C=O) groups is 2. The molecule has 1 fully saturated rings. The van der Waals surface area contributed by atoms with Gasteiger partial charge in [0.2, 0.25) is 5.91 Å². The molecule has 136 valence electrons. The third kappa shape index (κ3) is 4.28. The minimum absolute atomic E-state index is 0.165. The Hall–Kier alpha value is -2.27. The number of hydrogen-bond donors (Lipinski definition) is 0. The fraction of sp³-hybridized carbons (Fsp3) is 0.333. The van der Waals surface area contributed by atoms with E-state index in [-0.39, 0.29) is 18.4 Å².